The minimum Gasteiger partial charge on any atom is -0.248 e. The molecule has 0 fully saturated rings. The molecule has 0 bridgehead atoms. The van der Waals surface area contributed by atoms with E-state index in [0.717, 1.165) is 11.4 Å². The van der Waals surface area contributed by atoms with Gasteiger partial charge < -0.3 is 0 Å². The summed E-state index contributed by atoms with van der Waals surface area (Å²) in [5.74, 6) is 0. The third kappa shape index (κ3) is 5.45. The summed E-state index contributed by atoms with van der Waals surface area (Å²) >= 11 is 1.71. The van der Waals surface area contributed by atoms with Crippen LogP contribution in [0.3, 0.4) is 0 Å². The Morgan fingerprint density at radius 2 is 1.33 bits per heavy atom. The van der Waals surface area contributed by atoms with E-state index in [4.69, 9.17) is 4.99 Å². The lowest BCUT2D eigenvalue weighted by atomic mass is 10.0. The van der Waals surface area contributed by atoms with Crippen molar-refractivity contribution in [1.29, 1.82) is 0 Å². The Morgan fingerprint density at radius 3 is 1.96 bits per heavy atom. The molecular formula is C25H25NS. The van der Waals surface area contributed by atoms with Gasteiger partial charge in [-0.2, -0.15) is 0 Å². The number of hydrogen-bond acceptors (Lipinski definition) is 2. The molecule has 136 valence electrons. The van der Waals surface area contributed by atoms with Gasteiger partial charge in [-0.15, -0.1) is 0 Å². The van der Waals surface area contributed by atoms with Gasteiger partial charge in [-0.3, -0.25) is 0 Å². The van der Waals surface area contributed by atoms with Crippen LogP contribution in [0.2, 0.25) is 0 Å². The summed E-state index contributed by atoms with van der Waals surface area (Å²) in [6.07, 6.45) is 2.11. The summed E-state index contributed by atoms with van der Waals surface area (Å²) in [5.41, 5.74) is 8.15. The highest BCUT2D eigenvalue weighted by atomic mass is 32.2. The second-order valence-corrected chi connectivity index (χ2v) is 7.86. The van der Waals surface area contributed by atoms with E-state index in [9.17, 15) is 0 Å². The molecule has 0 aliphatic rings. The molecule has 3 aromatic carbocycles. The van der Waals surface area contributed by atoms with Crippen molar-refractivity contribution in [3.63, 3.8) is 0 Å². The molecule has 3 aromatic rings. The van der Waals surface area contributed by atoms with Crippen molar-refractivity contribution in [2.45, 2.75) is 32.6 Å². The van der Waals surface area contributed by atoms with E-state index in [2.05, 4.69) is 106 Å². The molecule has 0 amide bonds. The molecule has 0 saturated heterocycles. The van der Waals surface area contributed by atoms with E-state index in [1.54, 1.807) is 11.8 Å². The fourth-order valence-corrected chi connectivity index (χ4v) is 3.49. The van der Waals surface area contributed by atoms with E-state index in [1.807, 2.05) is 0 Å². The van der Waals surface area contributed by atoms with E-state index in [-0.39, 0.29) is 0 Å². The van der Waals surface area contributed by atoms with Gasteiger partial charge in [0.05, 0.1) is 11.4 Å². The van der Waals surface area contributed by atoms with E-state index in [1.165, 1.54) is 32.7 Å². The van der Waals surface area contributed by atoms with Gasteiger partial charge in [0.2, 0.25) is 0 Å². The van der Waals surface area contributed by atoms with Crippen molar-refractivity contribution >= 4 is 23.2 Å². The van der Waals surface area contributed by atoms with Gasteiger partial charge >= 0.3 is 0 Å². The van der Waals surface area contributed by atoms with Crippen LogP contribution in [0.4, 0.5) is 5.69 Å². The lowest BCUT2D eigenvalue weighted by Gasteiger charge is -2.08. The van der Waals surface area contributed by atoms with E-state index in [0.29, 0.717) is 0 Å². The molecule has 0 aliphatic carbocycles. The standard InChI is InChI=1S/C25H25NS/c1-18-5-10-22(11-6-18)26-25(24-14-9-20(3)17-21(24)4)15-16-27-23-12-7-19(2)8-13-23/h5-17H,1-4H3/b16-15+,26-25-. The molecular weight excluding hydrogens is 346 g/mol. The molecule has 0 saturated carbocycles. The van der Waals surface area contributed by atoms with Crippen molar-refractivity contribution in [1.82, 2.24) is 0 Å². The Kier molecular flexibility index (Phi) is 6.31. The van der Waals surface area contributed by atoms with E-state index >= 15 is 0 Å². The average Bonchev–Trinajstić information content (AvgIpc) is 2.64. The summed E-state index contributed by atoms with van der Waals surface area (Å²) in [7, 11) is 0. The first kappa shape index (κ1) is 19.2. The fraction of sp³-hybridized carbons (Fsp3) is 0.160. The Bertz CT molecular complexity index is 964. The van der Waals surface area contributed by atoms with Crippen LogP contribution < -0.4 is 0 Å². The Balaban J connectivity index is 1.92. The number of aliphatic imine (C=N–C) groups is 1. The summed E-state index contributed by atoms with van der Waals surface area (Å²) in [6, 6.07) is 23.4. The van der Waals surface area contributed by atoms with Crippen LogP contribution in [0.5, 0.6) is 0 Å². The predicted molar refractivity (Wildman–Crippen MR) is 119 cm³/mol. The normalized spacial score (nSPS) is 11.9. The molecule has 1 nitrogen and oxygen atoms in total. The highest BCUT2D eigenvalue weighted by Gasteiger charge is 2.05. The molecule has 0 unspecified atom stereocenters. The molecule has 0 N–H and O–H groups in total. The molecule has 0 atom stereocenters. The van der Waals surface area contributed by atoms with Gasteiger partial charge in [0.15, 0.2) is 0 Å². The van der Waals surface area contributed by atoms with Gasteiger partial charge in [-0.1, -0.05) is 70.9 Å². The monoisotopic (exact) mass is 371 g/mol. The molecule has 3 rings (SSSR count). The van der Waals surface area contributed by atoms with Crippen molar-refractivity contribution in [2.24, 2.45) is 4.99 Å². The van der Waals surface area contributed by atoms with Crippen LogP contribution in [-0.4, -0.2) is 5.71 Å². The zero-order valence-corrected chi connectivity index (χ0v) is 17.2. The van der Waals surface area contributed by atoms with Crippen LogP contribution in [0.1, 0.15) is 27.8 Å². The second-order valence-electron chi connectivity index (χ2n) is 6.88. The predicted octanol–water partition coefficient (Wildman–Crippen LogP) is 7.35. The van der Waals surface area contributed by atoms with Crippen molar-refractivity contribution < 1.29 is 0 Å². The SMILES string of the molecule is Cc1ccc(/N=C(/C=C/Sc2ccc(C)cc2)c2ccc(C)cc2C)cc1. The van der Waals surface area contributed by atoms with Crippen LogP contribution in [-0.2, 0) is 0 Å². The maximum absolute atomic E-state index is 4.92. The van der Waals surface area contributed by atoms with Gasteiger partial charge in [-0.05, 0) is 69.0 Å². The Labute approximate surface area is 166 Å². The topological polar surface area (TPSA) is 12.4 Å². The van der Waals surface area contributed by atoms with Crippen molar-refractivity contribution in [3.8, 4) is 0 Å². The quantitative estimate of drug-likeness (QED) is 0.337. The third-order valence-corrected chi connectivity index (χ3v) is 5.21. The minimum atomic E-state index is 0.973. The summed E-state index contributed by atoms with van der Waals surface area (Å²) < 4.78 is 0. The van der Waals surface area contributed by atoms with Crippen molar-refractivity contribution in [3.05, 3.63) is 106 Å². The van der Waals surface area contributed by atoms with Crippen LogP contribution in [0.15, 0.2) is 88.1 Å². The minimum absolute atomic E-state index is 0.973. The molecule has 27 heavy (non-hydrogen) atoms. The number of rotatable bonds is 5. The van der Waals surface area contributed by atoms with Gasteiger partial charge in [0.25, 0.3) is 0 Å². The highest BCUT2D eigenvalue weighted by molar-refractivity contribution is 8.02. The van der Waals surface area contributed by atoms with Crippen LogP contribution in [0, 0.1) is 27.7 Å². The number of hydrogen-bond donors (Lipinski definition) is 0. The van der Waals surface area contributed by atoms with Gasteiger partial charge in [0.1, 0.15) is 0 Å². The molecule has 0 heterocycles. The number of benzene rings is 3. The van der Waals surface area contributed by atoms with Crippen LogP contribution in [0.25, 0.3) is 0 Å². The van der Waals surface area contributed by atoms with Gasteiger partial charge in [-0.25, -0.2) is 4.99 Å². The Hall–Kier alpha value is -2.58. The maximum Gasteiger partial charge on any atom is 0.0717 e. The molecule has 0 radical (unpaired) electrons. The lowest BCUT2D eigenvalue weighted by molar-refractivity contribution is 1.36. The Morgan fingerprint density at radius 1 is 0.741 bits per heavy atom. The zero-order valence-electron chi connectivity index (χ0n) is 16.4. The fourth-order valence-electron chi connectivity index (χ4n) is 2.84. The smallest absolute Gasteiger partial charge is 0.0717 e. The summed E-state index contributed by atoms with van der Waals surface area (Å²) in [6.45, 7) is 8.47. The maximum atomic E-state index is 4.92. The zero-order chi connectivity index (χ0) is 19.2. The molecule has 0 spiro atoms. The van der Waals surface area contributed by atoms with E-state index < -0.39 is 0 Å². The summed E-state index contributed by atoms with van der Waals surface area (Å²) in [4.78, 5) is 6.15. The molecule has 0 aromatic heterocycles. The first-order valence-corrected chi connectivity index (χ1v) is 10.0. The number of thioether (sulfide) groups is 1. The third-order valence-electron chi connectivity index (χ3n) is 4.39. The second kappa shape index (κ2) is 8.88. The first-order valence-electron chi connectivity index (χ1n) is 9.14. The highest BCUT2D eigenvalue weighted by Crippen LogP contribution is 2.22. The number of aryl methyl sites for hydroxylation is 4. The lowest BCUT2D eigenvalue weighted by Crippen LogP contribution is -2.00. The van der Waals surface area contributed by atoms with Crippen molar-refractivity contribution in [2.75, 3.05) is 0 Å². The van der Waals surface area contributed by atoms with Crippen LogP contribution >= 0.6 is 11.8 Å². The molecule has 2 heteroatoms. The summed E-state index contributed by atoms with van der Waals surface area (Å²) in [5, 5.41) is 2.12. The average molecular weight is 372 g/mol. The number of nitrogens with zero attached hydrogens (tertiary/aromatic N) is 1. The number of allylic oxidation sites excluding steroid dienone is 1. The molecule has 0 aliphatic heterocycles. The largest absolute Gasteiger partial charge is 0.248 e. The first-order chi connectivity index (χ1) is 13.0. The van der Waals surface area contributed by atoms with Gasteiger partial charge in [0, 0.05) is 10.5 Å².